The van der Waals surface area contributed by atoms with Crippen LogP contribution in [0.4, 0.5) is 0 Å². The SMILES string of the molecule is CC(C)(C)c1cc(-[n+]2[c-]n(-c3cccc(Oc4ccc5c6cc(-c7cc8c9c(c7)Oc7ccccc7B9c7ccccc7O8)ccc6n(-c6cc(C(C)(C)C)ccn6)c5c4)c3)cc2)cc(C(C)(C)C)c1. The molecule has 0 spiro atoms. The summed E-state index contributed by atoms with van der Waals surface area (Å²) in [6.45, 7) is 20.3. The third-order valence-electron chi connectivity index (χ3n) is 14.0. The highest BCUT2D eigenvalue weighted by Gasteiger charge is 2.40. The molecule has 70 heavy (non-hydrogen) atoms. The summed E-state index contributed by atoms with van der Waals surface area (Å²) in [7, 11) is 0. The molecule has 0 unspecified atom stereocenters. The Bertz CT molecular complexity index is 3630. The van der Waals surface area contributed by atoms with Crippen LogP contribution in [0.15, 0.2) is 170 Å². The van der Waals surface area contributed by atoms with E-state index >= 15 is 0 Å². The summed E-state index contributed by atoms with van der Waals surface area (Å²) >= 11 is 0. The minimum Gasteiger partial charge on any atom is -0.458 e. The fraction of sp³-hybridized carbons (Fsp3) is 0.194. The van der Waals surface area contributed by atoms with Crippen LogP contribution < -0.4 is 35.2 Å². The number of nitrogens with zero attached hydrogens (tertiary/aromatic N) is 4. The van der Waals surface area contributed by atoms with E-state index in [9.17, 15) is 0 Å². The average Bonchev–Trinajstić information content (AvgIpc) is 3.96. The molecule has 0 fully saturated rings. The van der Waals surface area contributed by atoms with Crippen LogP contribution in [-0.4, -0.2) is 20.8 Å². The van der Waals surface area contributed by atoms with Crippen LogP contribution in [0.1, 0.15) is 79.0 Å². The normalized spacial score (nSPS) is 13.1. The molecule has 0 bridgehead atoms. The number of para-hydroxylation sites is 2. The molecule has 0 amide bonds. The second-order valence-corrected chi connectivity index (χ2v) is 22.0. The van der Waals surface area contributed by atoms with Gasteiger partial charge in [-0.25, -0.2) is 4.98 Å². The van der Waals surface area contributed by atoms with Gasteiger partial charge in [-0.15, -0.1) is 0 Å². The van der Waals surface area contributed by atoms with E-state index in [1.807, 2.05) is 41.2 Å². The minimum atomic E-state index is -0.0674. The molecule has 0 radical (unpaired) electrons. The number of imidazole rings is 1. The van der Waals surface area contributed by atoms with Gasteiger partial charge in [-0.05, 0) is 146 Å². The number of ether oxygens (including phenoxy) is 3. The largest absolute Gasteiger partial charge is 0.458 e. The zero-order valence-electron chi connectivity index (χ0n) is 41.3. The van der Waals surface area contributed by atoms with Gasteiger partial charge in [-0.1, -0.05) is 117 Å². The van der Waals surface area contributed by atoms with Gasteiger partial charge in [0.2, 0.25) is 0 Å². The number of benzene rings is 7. The van der Waals surface area contributed by atoms with Crippen molar-refractivity contribution < 1.29 is 18.8 Å². The Labute approximate surface area is 410 Å². The Balaban J connectivity index is 0.929. The van der Waals surface area contributed by atoms with Crippen molar-refractivity contribution in [2.45, 2.75) is 78.6 Å². The summed E-state index contributed by atoms with van der Waals surface area (Å²) in [6.07, 6.45) is 9.61. The van der Waals surface area contributed by atoms with Gasteiger partial charge in [0.25, 0.3) is 13.0 Å². The maximum Gasteiger partial charge on any atom is 0.268 e. The van der Waals surface area contributed by atoms with Crippen LogP contribution in [-0.2, 0) is 16.2 Å². The summed E-state index contributed by atoms with van der Waals surface area (Å²) in [5, 5.41) is 2.19. The summed E-state index contributed by atoms with van der Waals surface area (Å²) < 4.78 is 26.5. The third kappa shape index (κ3) is 7.54. The van der Waals surface area contributed by atoms with Gasteiger partial charge in [0, 0.05) is 40.9 Å². The van der Waals surface area contributed by atoms with Crippen molar-refractivity contribution in [3.8, 4) is 62.8 Å². The van der Waals surface area contributed by atoms with Crippen LogP contribution in [0.3, 0.4) is 0 Å². The van der Waals surface area contributed by atoms with Gasteiger partial charge >= 0.3 is 0 Å². The fourth-order valence-corrected chi connectivity index (χ4v) is 10.1. The van der Waals surface area contributed by atoms with Crippen LogP contribution >= 0.6 is 0 Å². The molecule has 5 heterocycles. The monoisotopic (exact) mass is 914 g/mol. The molecule has 8 heteroatoms. The first-order chi connectivity index (χ1) is 33.5. The molecular formula is C62H55BN4O3. The Morgan fingerprint density at radius 1 is 0.543 bits per heavy atom. The lowest BCUT2D eigenvalue weighted by atomic mass is 9.35. The predicted molar refractivity (Wildman–Crippen MR) is 284 cm³/mol. The third-order valence-corrected chi connectivity index (χ3v) is 14.0. The average molecular weight is 915 g/mol. The van der Waals surface area contributed by atoms with Crippen LogP contribution in [0.5, 0.6) is 34.5 Å². The number of rotatable bonds is 6. The quantitative estimate of drug-likeness (QED) is 0.0947. The molecule has 0 aliphatic carbocycles. The molecule has 2 aliphatic heterocycles. The molecule has 344 valence electrons. The number of hydrogen-bond donors (Lipinski definition) is 0. The molecule has 3 aromatic heterocycles. The zero-order chi connectivity index (χ0) is 48.3. The second kappa shape index (κ2) is 15.9. The minimum absolute atomic E-state index is 0.00814. The number of fused-ring (bicyclic) bond motifs is 7. The topological polar surface area (TPSA) is 54.3 Å². The second-order valence-electron chi connectivity index (χ2n) is 22.0. The Morgan fingerprint density at radius 3 is 1.87 bits per heavy atom. The van der Waals surface area contributed by atoms with E-state index in [1.54, 1.807) is 0 Å². The molecule has 0 saturated carbocycles. The first-order valence-electron chi connectivity index (χ1n) is 24.3. The van der Waals surface area contributed by atoms with E-state index in [2.05, 4.69) is 211 Å². The van der Waals surface area contributed by atoms with Crippen molar-refractivity contribution >= 4 is 44.9 Å². The highest BCUT2D eigenvalue weighted by Crippen LogP contribution is 2.42. The maximum atomic E-state index is 6.75. The molecule has 2 aliphatic rings. The van der Waals surface area contributed by atoms with E-state index < -0.39 is 0 Å². The van der Waals surface area contributed by atoms with Crippen molar-refractivity contribution in [2.24, 2.45) is 0 Å². The van der Waals surface area contributed by atoms with Crippen LogP contribution in [0.25, 0.3) is 50.1 Å². The number of aromatic nitrogens is 4. The Kier molecular flexibility index (Phi) is 9.84. The first kappa shape index (κ1) is 43.4. The smallest absolute Gasteiger partial charge is 0.268 e. The summed E-state index contributed by atoms with van der Waals surface area (Å²) in [5.74, 6) is 5.67. The number of hydrogen-bond acceptors (Lipinski definition) is 4. The zero-order valence-corrected chi connectivity index (χ0v) is 41.3. The molecule has 0 atom stereocenters. The lowest BCUT2D eigenvalue weighted by Gasteiger charge is -2.33. The van der Waals surface area contributed by atoms with Crippen molar-refractivity contribution in [3.63, 3.8) is 0 Å². The van der Waals surface area contributed by atoms with Gasteiger partial charge in [0.15, 0.2) is 0 Å². The Hall–Kier alpha value is -7.84. The first-order valence-corrected chi connectivity index (χ1v) is 24.3. The predicted octanol–water partition coefficient (Wildman–Crippen LogP) is 13.1. The van der Waals surface area contributed by atoms with Gasteiger partial charge in [0.1, 0.15) is 40.3 Å². The van der Waals surface area contributed by atoms with E-state index in [1.165, 1.54) is 16.7 Å². The van der Waals surface area contributed by atoms with Gasteiger partial charge in [-0.3, -0.25) is 13.7 Å². The van der Waals surface area contributed by atoms with Crippen molar-refractivity contribution in [1.82, 2.24) is 14.1 Å². The molecule has 7 nitrogen and oxygen atoms in total. The fourth-order valence-electron chi connectivity index (χ4n) is 10.1. The molecule has 10 aromatic rings. The van der Waals surface area contributed by atoms with Crippen molar-refractivity contribution in [3.05, 3.63) is 193 Å². The van der Waals surface area contributed by atoms with E-state index in [4.69, 9.17) is 19.2 Å². The van der Waals surface area contributed by atoms with Crippen LogP contribution in [0, 0.1) is 6.33 Å². The van der Waals surface area contributed by atoms with Gasteiger partial charge in [-0.2, -0.15) is 0 Å². The highest BCUT2D eigenvalue weighted by atomic mass is 16.5. The van der Waals surface area contributed by atoms with Crippen molar-refractivity contribution in [2.75, 3.05) is 0 Å². The van der Waals surface area contributed by atoms with Crippen LogP contribution in [0.2, 0.25) is 0 Å². The molecule has 7 aromatic carbocycles. The maximum absolute atomic E-state index is 6.75. The van der Waals surface area contributed by atoms with Gasteiger partial charge < -0.3 is 14.2 Å². The lowest BCUT2D eigenvalue weighted by molar-refractivity contribution is -0.599. The standard InChI is InChI=1S/C62H55BN4O3/c1-60(2,3)41-25-26-64-58(35-41)67-52-24-21-39(40-30-56-59-57(31-40)70-55-20-13-11-18-51(55)63(59)50-17-10-12-19-54(50)69-56)29-49(52)48-23-22-47(37-53(48)67)68-46-16-14-15-44(36-46)65-27-28-66(38-65)45-33-42(61(4,5)6)32-43(34-45)62(7,8)9/h10-37H,1-9H3. The van der Waals surface area contributed by atoms with Gasteiger partial charge in [0.05, 0.1) is 22.4 Å². The molecular weight excluding hydrogens is 860 g/mol. The lowest BCUT2D eigenvalue weighted by Crippen LogP contribution is -2.57. The van der Waals surface area contributed by atoms with E-state index in [0.717, 1.165) is 101 Å². The molecule has 12 rings (SSSR count). The highest BCUT2D eigenvalue weighted by molar-refractivity contribution is 6.98. The molecule has 0 saturated heterocycles. The summed E-state index contributed by atoms with van der Waals surface area (Å²) in [5.41, 5.74) is 13.3. The van der Waals surface area contributed by atoms with Crippen molar-refractivity contribution in [1.29, 1.82) is 0 Å². The Morgan fingerprint density at radius 2 is 1.20 bits per heavy atom. The summed E-state index contributed by atoms with van der Waals surface area (Å²) in [4.78, 5) is 4.99. The molecule has 0 N–H and O–H groups in total. The van der Waals surface area contributed by atoms with E-state index in [-0.39, 0.29) is 23.0 Å². The number of pyridine rings is 1. The van der Waals surface area contributed by atoms with E-state index in [0.29, 0.717) is 0 Å². The summed E-state index contributed by atoms with van der Waals surface area (Å²) in [6, 6.07) is 53.5.